The minimum Gasteiger partial charge on any atom is -0.505 e. The van der Waals surface area contributed by atoms with Crippen LogP contribution in [0.25, 0.3) is 11.4 Å². The van der Waals surface area contributed by atoms with Crippen LogP contribution in [-0.2, 0) is 9.59 Å². The number of fused-ring (bicyclic) bond motifs is 1. The van der Waals surface area contributed by atoms with Crippen LogP contribution in [0.1, 0.15) is 35.0 Å². The van der Waals surface area contributed by atoms with Gasteiger partial charge in [0, 0.05) is 24.9 Å². The number of hydrogen-bond acceptors (Lipinski definition) is 7. The molecule has 10 heteroatoms. The van der Waals surface area contributed by atoms with Gasteiger partial charge < -0.3 is 19.3 Å². The zero-order valence-electron chi connectivity index (χ0n) is 20.1. The number of aliphatic hydroxyl groups is 1. The molecule has 0 spiro atoms. The van der Waals surface area contributed by atoms with E-state index in [1.54, 1.807) is 6.92 Å². The third kappa shape index (κ3) is 4.28. The van der Waals surface area contributed by atoms with Crippen molar-refractivity contribution >= 4 is 28.8 Å². The van der Waals surface area contributed by atoms with E-state index in [9.17, 15) is 24.8 Å². The van der Waals surface area contributed by atoms with E-state index in [1.807, 2.05) is 48.6 Å². The van der Waals surface area contributed by atoms with Crippen LogP contribution in [0, 0.1) is 24.0 Å². The van der Waals surface area contributed by atoms with Crippen LogP contribution in [-0.4, -0.2) is 68.1 Å². The summed E-state index contributed by atoms with van der Waals surface area (Å²) in [5.41, 5.74) is 2.70. The predicted octanol–water partition coefficient (Wildman–Crippen LogP) is 3.23. The van der Waals surface area contributed by atoms with Crippen molar-refractivity contribution in [3.05, 3.63) is 80.8 Å². The molecule has 1 N–H and O–H groups in total. The summed E-state index contributed by atoms with van der Waals surface area (Å²) in [5, 5.41) is 22.5. The van der Waals surface area contributed by atoms with E-state index >= 15 is 0 Å². The first-order chi connectivity index (χ1) is 16.6. The van der Waals surface area contributed by atoms with Crippen LogP contribution >= 0.6 is 0 Å². The average molecular weight is 478 g/mol. The number of Topliss-reactive ketones (excluding diaryl/α,β-unsaturated/α-hetero) is 1. The predicted molar refractivity (Wildman–Crippen MR) is 130 cm³/mol. The lowest BCUT2D eigenvalue weighted by atomic mass is 9.96. The van der Waals surface area contributed by atoms with Gasteiger partial charge in [-0.1, -0.05) is 6.07 Å². The van der Waals surface area contributed by atoms with Gasteiger partial charge in [0.15, 0.2) is 5.76 Å². The molecule has 10 nitrogen and oxygen atoms in total. The zero-order chi connectivity index (χ0) is 25.4. The molecular weight excluding hydrogens is 450 g/mol. The van der Waals surface area contributed by atoms with E-state index in [4.69, 9.17) is 0 Å². The van der Waals surface area contributed by atoms with Crippen molar-refractivity contribution in [3.63, 3.8) is 0 Å². The third-order valence-corrected chi connectivity index (χ3v) is 6.27. The Bertz CT molecular complexity index is 1360. The van der Waals surface area contributed by atoms with Crippen molar-refractivity contribution in [2.75, 3.05) is 27.2 Å². The summed E-state index contributed by atoms with van der Waals surface area (Å²) < 4.78 is 1.82. The van der Waals surface area contributed by atoms with E-state index in [1.165, 1.54) is 29.2 Å². The summed E-state index contributed by atoms with van der Waals surface area (Å²) in [6.45, 7) is 4.65. The summed E-state index contributed by atoms with van der Waals surface area (Å²) in [6.07, 6.45) is 2.42. The second-order valence-electron chi connectivity index (χ2n) is 8.93. The van der Waals surface area contributed by atoms with Gasteiger partial charge in [-0.2, -0.15) is 0 Å². The lowest BCUT2D eigenvalue weighted by molar-refractivity contribution is -0.384. The van der Waals surface area contributed by atoms with Gasteiger partial charge in [0.1, 0.15) is 11.3 Å². The van der Waals surface area contributed by atoms with Gasteiger partial charge in [-0.25, -0.2) is 4.98 Å². The standard InChI is InChI=1S/C25H27N5O5/c1-15-7-5-13-28-16(2)20(26-24(15)28)22(31)19-21(17-8-10-18(11-9-17)30(34)35)29(25(33)23(19)32)14-6-12-27(3)4/h5,7-11,13,21,31H,6,12,14H2,1-4H3/b22-19+. The summed E-state index contributed by atoms with van der Waals surface area (Å²) in [4.78, 5) is 44.9. The fourth-order valence-corrected chi connectivity index (χ4v) is 4.47. The van der Waals surface area contributed by atoms with Crippen molar-refractivity contribution in [3.8, 4) is 0 Å². The van der Waals surface area contributed by atoms with Gasteiger partial charge in [0.2, 0.25) is 0 Å². The third-order valence-electron chi connectivity index (χ3n) is 6.27. The fourth-order valence-electron chi connectivity index (χ4n) is 4.47. The van der Waals surface area contributed by atoms with Crippen molar-refractivity contribution in [1.29, 1.82) is 0 Å². The number of aromatic nitrogens is 2. The van der Waals surface area contributed by atoms with Crippen LogP contribution in [0.5, 0.6) is 0 Å². The molecular formula is C25H27N5O5. The first-order valence-corrected chi connectivity index (χ1v) is 11.2. The number of aliphatic hydroxyl groups excluding tert-OH is 1. The molecule has 182 valence electrons. The Labute approximate surface area is 202 Å². The Morgan fingerprint density at radius 1 is 1.17 bits per heavy atom. The second-order valence-corrected chi connectivity index (χ2v) is 8.93. The van der Waals surface area contributed by atoms with Crippen molar-refractivity contribution in [1.82, 2.24) is 19.2 Å². The highest BCUT2D eigenvalue weighted by atomic mass is 16.6. The zero-order valence-corrected chi connectivity index (χ0v) is 20.1. The number of ketones is 1. The van der Waals surface area contributed by atoms with Crippen molar-refractivity contribution in [2.24, 2.45) is 0 Å². The molecule has 0 radical (unpaired) electrons. The van der Waals surface area contributed by atoms with E-state index < -0.39 is 22.7 Å². The highest BCUT2D eigenvalue weighted by Crippen LogP contribution is 2.40. The second kappa shape index (κ2) is 9.30. The minimum absolute atomic E-state index is 0.0714. The minimum atomic E-state index is -0.886. The molecule has 1 saturated heterocycles. The Hall–Kier alpha value is -4.05. The Morgan fingerprint density at radius 2 is 1.86 bits per heavy atom. The number of nitro groups is 1. The van der Waals surface area contributed by atoms with E-state index in [2.05, 4.69) is 4.98 Å². The number of imidazole rings is 1. The molecule has 3 heterocycles. The number of nitrogens with zero attached hydrogens (tertiary/aromatic N) is 5. The number of benzene rings is 1. The molecule has 1 unspecified atom stereocenters. The summed E-state index contributed by atoms with van der Waals surface area (Å²) >= 11 is 0. The molecule has 0 bridgehead atoms. The molecule has 1 aliphatic heterocycles. The molecule has 1 fully saturated rings. The number of aryl methyl sites for hydroxylation is 2. The van der Waals surface area contributed by atoms with Gasteiger partial charge in [0.25, 0.3) is 17.4 Å². The molecule has 1 amide bonds. The molecule has 0 aliphatic carbocycles. The van der Waals surface area contributed by atoms with Crippen LogP contribution in [0.4, 0.5) is 5.69 Å². The SMILES string of the molecule is Cc1cccn2c(C)c(/C(O)=C3\C(=O)C(=O)N(CCCN(C)C)C3c3ccc([N+](=O)[O-])cc3)nc12. The molecule has 35 heavy (non-hydrogen) atoms. The molecule has 1 aliphatic rings. The van der Waals surface area contributed by atoms with Crippen molar-refractivity contribution < 1.29 is 19.6 Å². The lowest BCUT2D eigenvalue weighted by Gasteiger charge is -2.25. The topological polar surface area (TPSA) is 121 Å². The van der Waals surface area contributed by atoms with Gasteiger partial charge in [-0.15, -0.1) is 0 Å². The molecule has 1 aromatic carbocycles. The Balaban J connectivity index is 1.87. The van der Waals surface area contributed by atoms with Gasteiger partial charge in [-0.05, 0) is 70.2 Å². The highest BCUT2D eigenvalue weighted by Gasteiger charge is 2.46. The van der Waals surface area contributed by atoms with E-state index in [0.29, 0.717) is 29.9 Å². The number of amides is 1. The van der Waals surface area contributed by atoms with Crippen LogP contribution < -0.4 is 0 Å². The Morgan fingerprint density at radius 3 is 2.46 bits per heavy atom. The van der Waals surface area contributed by atoms with Gasteiger partial charge >= 0.3 is 0 Å². The van der Waals surface area contributed by atoms with Crippen LogP contribution in [0.2, 0.25) is 0 Å². The number of pyridine rings is 1. The molecule has 1 atom stereocenters. The maximum Gasteiger partial charge on any atom is 0.295 e. The smallest absolute Gasteiger partial charge is 0.295 e. The van der Waals surface area contributed by atoms with E-state index in [0.717, 1.165) is 5.56 Å². The molecule has 0 saturated carbocycles. The Kier molecular flexibility index (Phi) is 6.40. The summed E-state index contributed by atoms with van der Waals surface area (Å²) in [6, 6.07) is 8.56. The molecule has 3 aromatic rings. The molecule has 4 rings (SSSR count). The number of hydrogen-bond donors (Lipinski definition) is 1. The van der Waals surface area contributed by atoms with Crippen LogP contribution in [0.15, 0.2) is 48.2 Å². The number of carbonyl (C=O) groups excluding carboxylic acids is 2. The van der Waals surface area contributed by atoms with E-state index in [-0.39, 0.29) is 29.3 Å². The van der Waals surface area contributed by atoms with Crippen LogP contribution in [0.3, 0.4) is 0 Å². The maximum atomic E-state index is 13.2. The van der Waals surface area contributed by atoms with Crippen molar-refractivity contribution in [2.45, 2.75) is 26.3 Å². The number of non-ortho nitro benzene ring substituents is 1. The fraction of sp³-hybridized carbons (Fsp3) is 0.320. The summed E-state index contributed by atoms with van der Waals surface area (Å²) in [5.74, 6) is -1.88. The van der Waals surface area contributed by atoms with Gasteiger partial charge in [0.05, 0.1) is 22.2 Å². The number of nitro benzene ring substituents is 1. The monoisotopic (exact) mass is 477 g/mol. The first-order valence-electron chi connectivity index (χ1n) is 11.2. The lowest BCUT2D eigenvalue weighted by Crippen LogP contribution is -2.32. The maximum absolute atomic E-state index is 13.2. The first kappa shape index (κ1) is 24.1. The largest absolute Gasteiger partial charge is 0.505 e. The molecule has 2 aromatic heterocycles. The number of likely N-dealkylation sites (tertiary alicyclic amines) is 1. The number of carbonyl (C=O) groups is 2. The summed E-state index contributed by atoms with van der Waals surface area (Å²) in [7, 11) is 3.83. The number of rotatable bonds is 7. The quantitative estimate of drug-likeness (QED) is 0.182. The van der Waals surface area contributed by atoms with Gasteiger partial charge in [-0.3, -0.25) is 19.7 Å². The highest BCUT2D eigenvalue weighted by molar-refractivity contribution is 6.46. The average Bonchev–Trinajstić information content (AvgIpc) is 3.29. The normalized spacial score (nSPS) is 17.6.